The Hall–Kier alpha value is -3.75. The summed E-state index contributed by atoms with van der Waals surface area (Å²) < 4.78 is 10.5. The van der Waals surface area contributed by atoms with Crippen molar-refractivity contribution in [1.29, 1.82) is 0 Å². The smallest absolute Gasteiger partial charge is 0.244 e. The molecular formula is C19H16N4O5. The number of imide groups is 1. The lowest BCUT2D eigenvalue weighted by molar-refractivity contribution is -0.141. The van der Waals surface area contributed by atoms with Crippen LogP contribution in [0.4, 0.5) is 5.69 Å². The maximum atomic E-state index is 12.3. The van der Waals surface area contributed by atoms with Crippen LogP contribution in [0.25, 0.3) is 11.6 Å². The number of hydrogen-bond donors (Lipinski definition) is 1. The van der Waals surface area contributed by atoms with E-state index in [1.807, 2.05) is 12.1 Å². The lowest BCUT2D eigenvalue weighted by Gasteiger charge is -2.14. The first-order valence-electron chi connectivity index (χ1n) is 8.67. The minimum absolute atomic E-state index is 0.151. The first-order chi connectivity index (χ1) is 13.6. The molecule has 3 amide bonds. The molecule has 1 N–H and O–H groups in total. The van der Waals surface area contributed by atoms with Gasteiger partial charge in [-0.25, -0.2) is 0 Å². The summed E-state index contributed by atoms with van der Waals surface area (Å²) in [5.41, 5.74) is 1.30. The highest BCUT2D eigenvalue weighted by molar-refractivity contribution is 6.06. The minimum Gasteiger partial charge on any atom is -0.461 e. The van der Waals surface area contributed by atoms with Gasteiger partial charge in [-0.2, -0.15) is 4.98 Å². The lowest BCUT2D eigenvalue weighted by Crippen LogP contribution is -2.37. The van der Waals surface area contributed by atoms with Gasteiger partial charge in [0.15, 0.2) is 5.76 Å². The molecule has 4 rings (SSSR count). The molecule has 0 bridgehead atoms. The normalized spacial score (nSPS) is 13.9. The van der Waals surface area contributed by atoms with Gasteiger partial charge in [0, 0.05) is 18.5 Å². The van der Waals surface area contributed by atoms with E-state index in [2.05, 4.69) is 15.5 Å². The van der Waals surface area contributed by atoms with Crippen LogP contribution in [0.2, 0.25) is 0 Å². The molecule has 1 fully saturated rings. The van der Waals surface area contributed by atoms with Crippen molar-refractivity contribution in [3.8, 4) is 11.6 Å². The van der Waals surface area contributed by atoms with Crippen LogP contribution in [0, 0.1) is 0 Å². The Morgan fingerprint density at radius 2 is 1.89 bits per heavy atom. The molecule has 3 heterocycles. The van der Waals surface area contributed by atoms with Crippen LogP contribution in [0.1, 0.15) is 24.3 Å². The van der Waals surface area contributed by atoms with Crippen molar-refractivity contribution in [2.75, 3.05) is 11.9 Å². The van der Waals surface area contributed by atoms with Crippen LogP contribution in [-0.4, -0.2) is 39.3 Å². The van der Waals surface area contributed by atoms with Crippen molar-refractivity contribution in [3.05, 3.63) is 54.1 Å². The van der Waals surface area contributed by atoms with Crippen LogP contribution >= 0.6 is 0 Å². The van der Waals surface area contributed by atoms with E-state index in [0.717, 1.165) is 10.5 Å². The Morgan fingerprint density at radius 1 is 1.11 bits per heavy atom. The molecule has 0 radical (unpaired) electrons. The number of rotatable bonds is 6. The van der Waals surface area contributed by atoms with Gasteiger partial charge in [0.25, 0.3) is 0 Å². The van der Waals surface area contributed by atoms with Gasteiger partial charge in [-0.3, -0.25) is 19.3 Å². The van der Waals surface area contributed by atoms with Crippen molar-refractivity contribution in [1.82, 2.24) is 15.0 Å². The number of nitrogens with zero attached hydrogens (tertiary/aromatic N) is 3. The fraction of sp³-hybridized carbons (Fsp3) is 0.211. The summed E-state index contributed by atoms with van der Waals surface area (Å²) in [4.78, 5) is 40.9. The Kier molecular flexibility index (Phi) is 4.71. The standard InChI is InChI=1S/C19H16N4O5/c24-15(11-23-17(25)7-8-18(23)26)20-13-5-2-1-4-12(13)10-16-21-19(22-28-16)14-6-3-9-27-14/h1-6,9H,7-8,10-11H2,(H,20,24). The van der Waals surface area contributed by atoms with Crippen LogP contribution < -0.4 is 5.32 Å². The lowest BCUT2D eigenvalue weighted by atomic mass is 10.1. The van der Waals surface area contributed by atoms with Crippen molar-refractivity contribution < 1.29 is 23.3 Å². The second-order valence-corrected chi connectivity index (χ2v) is 6.24. The fourth-order valence-corrected chi connectivity index (χ4v) is 2.92. The Labute approximate surface area is 159 Å². The van der Waals surface area contributed by atoms with Crippen LogP contribution in [-0.2, 0) is 20.8 Å². The third kappa shape index (κ3) is 3.68. The Balaban J connectivity index is 1.46. The van der Waals surface area contributed by atoms with E-state index in [0.29, 0.717) is 29.6 Å². The minimum atomic E-state index is -0.446. The highest BCUT2D eigenvalue weighted by Gasteiger charge is 2.30. The second-order valence-electron chi connectivity index (χ2n) is 6.24. The number of aromatic nitrogens is 2. The Bertz CT molecular complexity index is 1010. The summed E-state index contributed by atoms with van der Waals surface area (Å²) in [6.07, 6.45) is 2.12. The van der Waals surface area contributed by atoms with Gasteiger partial charge >= 0.3 is 0 Å². The van der Waals surface area contributed by atoms with Crippen molar-refractivity contribution in [2.45, 2.75) is 19.3 Å². The number of nitrogens with one attached hydrogen (secondary N) is 1. The summed E-state index contributed by atoms with van der Waals surface area (Å²) >= 11 is 0. The topological polar surface area (TPSA) is 119 Å². The molecule has 0 unspecified atom stereocenters. The predicted molar refractivity (Wildman–Crippen MR) is 95.8 cm³/mol. The molecule has 0 atom stereocenters. The SMILES string of the molecule is O=C(CN1C(=O)CCC1=O)Nc1ccccc1Cc1nc(-c2ccco2)no1. The number of hydrogen-bond acceptors (Lipinski definition) is 7. The molecular weight excluding hydrogens is 364 g/mol. The summed E-state index contributed by atoms with van der Waals surface area (Å²) in [5.74, 6) is 0.0921. The Morgan fingerprint density at radius 3 is 2.64 bits per heavy atom. The van der Waals surface area contributed by atoms with Gasteiger partial charge in [-0.05, 0) is 23.8 Å². The first kappa shape index (κ1) is 17.7. The van der Waals surface area contributed by atoms with E-state index in [9.17, 15) is 14.4 Å². The molecule has 0 spiro atoms. The van der Waals surface area contributed by atoms with Crippen molar-refractivity contribution in [3.63, 3.8) is 0 Å². The van der Waals surface area contributed by atoms with Crippen molar-refractivity contribution >= 4 is 23.4 Å². The zero-order chi connectivity index (χ0) is 19.5. The second kappa shape index (κ2) is 7.47. The van der Waals surface area contributed by atoms with E-state index in [1.54, 1.807) is 24.3 Å². The predicted octanol–water partition coefficient (Wildman–Crippen LogP) is 2.01. The third-order valence-corrected chi connectivity index (χ3v) is 4.30. The fourth-order valence-electron chi connectivity index (χ4n) is 2.92. The first-order valence-corrected chi connectivity index (χ1v) is 8.67. The van der Waals surface area contributed by atoms with E-state index >= 15 is 0 Å². The molecule has 142 valence electrons. The van der Waals surface area contributed by atoms with Gasteiger partial charge in [-0.15, -0.1) is 0 Å². The zero-order valence-electron chi connectivity index (χ0n) is 14.8. The highest BCUT2D eigenvalue weighted by atomic mass is 16.5. The quantitative estimate of drug-likeness (QED) is 0.650. The number of para-hydroxylation sites is 1. The molecule has 1 aliphatic heterocycles. The molecule has 0 saturated carbocycles. The average Bonchev–Trinajstić information content (AvgIpc) is 3.42. The molecule has 1 aliphatic rings. The molecule has 9 nitrogen and oxygen atoms in total. The van der Waals surface area contributed by atoms with E-state index in [-0.39, 0.29) is 31.2 Å². The molecule has 2 aromatic heterocycles. The van der Waals surface area contributed by atoms with Gasteiger partial charge in [0.05, 0.1) is 12.7 Å². The van der Waals surface area contributed by atoms with Crippen LogP contribution in [0.3, 0.4) is 0 Å². The summed E-state index contributed by atoms with van der Waals surface area (Å²) in [6.45, 7) is -0.296. The van der Waals surface area contributed by atoms with Gasteiger partial charge in [0.2, 0.25) is 29.4 Å². The third-order valence-electron chi connectivity index (χ3n) is 4.30. The maximum absolute atomic E-state index is 12.3. The molecule has 1 saturated heterocycles. The zero-order valence-corrected chi connectivity index (χ0v) is 14.8. The number of benzene rings is 1. The van der Waals surface area contributed by atoms with Gasteiger partial charge in [-0.1, -0.05) is 23.4 Å². The summed E-state index contributed by atoms with van der Waals surface area (Å²) in [5, 5.41) is 6.62. The summed E-state index contributed by atoms with van der Waals surface area (Å²) in [7, 11) is 0. The van der Waals surface area contributed by atoms with E-state index in [1.165, 1.54) is 6.26 Å². The highest BCUT2D eigenvalue weighted by Crippen LogP contribution is 2.21. The number of carbonyl (C=O) groups excluding carboxylic acids is 3. The van der Waals surface area contributed by atoms with Gasteiger partial charge in [0.1, 0.15) is 6.54 Å². The number of anilines is 1. The summed E-state index contributed by atoms with van der Waals surface area (Å²) in [6, 6.07) is 10.6. The number of likely N-dealkylation sites (tertiary alicyclic amines) is 1. The van der Waals surface area contributed by atoms with Crippen molar-refractivity contribution in [2.24, 2.45) is 0 Å². The van der Waals surface area contributed by atoms with Gasteiger partial charge < -0.3 is 14.3 Å². The van der Waals surface area contributed by atoms with Crippen LogP contribution in [0.5, 0.6) is 0 Å². The molecule has 1 aromatic carbocycles. The number of carbonyl (C=O) groups is 3. The molecule has 28 heavy (non-hydrogen) atoms. The monoisotopic (exact) mass is 380 g/mol. The van der Waals surface area contributed by atoms with Crippen LogP contribution in [0.15, 0.2) is 51.6 Å². The number of furan rings is 1. The average molecular weight is 380 g/mol. The molecule has 0 aliphatic carbocycles. The van der Waals surface area contributed by atoms with E-state index in [4.69, 9.17) is 8.94 Å². The maximum Gasteiger partial charge on any atom is 0.244 e. The largest absolute Gasteiger partial charge is 0.461 e. The number of amides is 3. The van der Waals surface area contributed by atoms with E-state index < -0.39 is 5.91 Å². The molecule has 3 aromatic rings. The molecule has 9 heteroatoms.